The van der Waals surface area contributed by atoms with Crippen molar-refractivity contribution < 1.29 is 27.0 Å². The van der Waals surface area contributed by atoms with Gasteiger partial charge in [-0.2, -0.15) is 0 Å². The molecule has 0 aromatic rings. The maximum Gasteiger partial charge on any atom is 3.00 e. The van der Waals surface area contributed by atoms with Crippen LogP contribution in [0.4, 0.5) is 0 Å². The van der Waals surface area contributed by atoms with E-state index in [0.29, 0.717) is 0 Å². The Kier molecular flexibility index (Phi) is 19.3. The zero-order valence-electron chi connectivity index (χ0n) is 24.2. The molecule has 6 atom stereocenters. The Balaban J connectivity index is 0.000000427. The molecule has 4 fully saturated rings. The van der Waals surface area contributed by atoms with Crippen LogP contribution < -0.4 is 0 Å². The van der Waals surface area contributed by atoms with E-state index in [1.165, 1.54) is 51.4 Å². The van der Waals surface area contributed by atoms with Crippen LogP contribution in [0, 0.1) is 11.8 Å². The third-order valence-electron chi connectivity index (χ3n) is 8.31. The Morgan fingerprint density at radius 2 is 0.892 bits per heavy atom. The quantitative estimate of drug-likeness (QED) is 0.357. The van der Waals surface area contributed by atoms with Crippen molar-refractivity contribution in [3.05, 3.63) is 10.6 Å². The predicted octanol–water partition coefficient (Wildman–Crippen LogP) is 6.87. The van der Waals surface area contributed by atoms with Crippen molar-refractivity contribution in [3.8, 4) is 0 Å². The Labute approximate surface area is 238 Å². The van der Waals surface area contributed by atoms with Gasteiger partial charge in [0.05, 0.1) is 24.3 Å². The van der Waals surface area contributed by atoms with Gasteiger partial charge in [-0.25, -0.2) is 0 Å². The Morgan fingerprint density at radius 1 is 0.568 bits per heavy atom. The van der Waals surface area contributed by atoms with Gasteiger partial charge < -0.3 is 20.8 Å². The fourth-order valence-electron chi connectivity index (χ4n) is 5.72. The van der Waals surface area contributed by atoms with E-state index in [9.17, 15) is 10.2 Å². The molecule has 6 unspecified atom stereocenters. The molecule has 4 aliphatic rings. The first-order chi connectivity index (χ1) is 17.4. The van der Waals surface area contributed by atoms with E-state index in [1.807, 2.05) is 0 Å². The molecule has 2 aliphatic heterocycles. The van der Waals surface area contributed by atoms with Crippen LogP contribution in [0.2, 0.25) is 0 Å². The molecule has 2 saturated heterocycles. The third-order valence-corrected chi connectivity index (χ3v) is 8.31. The molecule has 37 heavy (non-hydrogen) atoms. The minimum absolute atomic E-state index is 0. The molecule has 2 saturated carbocycles. The molecule has 0 aromatic heterocycles. The second-order valence-electron chi connectivity index (χ2n) is 11.4. The number of rotatable bonds is 5. The SMILES string of the molecule is C1CC[N-]CC1.C1CC[N-]CC1.CC(=NC(C)C(C)N=C(C)C1CCCCC1O)C1CCCCC1O.[Co+3]. The topological polar surface area (TPSA) is 93.4 Å². The molecule has 2 heterocycles. The summed E-state index contributed by atoms with van der Waals surface area (Å²) in [7, 11) is 0. The average molecular weight is 564 g/mol. The van der Waals surface area contributed by atoms with Crippen molar-refractivity contribution in [2.45, 2.75) is 142 Å². The summed E-state index contributed by atoms with van der Waals surface area (Å²) in [6.07, 6.45) is 16.2. The zero-order chi connectivity index (χ0) is 26.2. The van der Waals surface area contributed by atoms with Crippen LogP contribution in [0.3, 0.4) is 0 Å². The van der Waals surface area contributed by atoms with Crippen LogP contribution in [-0.4, -0.2) is 72.1 Å². The maximum absolute atomic E-state index is 10.2. The Hall–Kier alpha value is -0.314. The van der Waals surface area contributed by atoms with Crippen LogP contribution in [0.1, 0.15) is 118 Å². The van der Waals surface area contributed by atoms with Crippen LogP contribution in [0.25, 0.3) is 10.6 Å². The standard InChI is InChI=1S/C20H36N2O2.2C5H10N.Co/c1-13(21-15(3)17-9-5-7-11-19(17)23)14(2)22-16(4)18-10-6-8-12-20(18)24;2*1-2-4-6-5-3-1;/h13-14,17-20,23-24H,5-12H2,1-4H3;2*1-5H2;/q;2*-1;+3. The van der Waals surface area contributed by atoms with Crippen LogP contribution in [0.5, 0.6) is 0 Å². The van der Waals surface area contributed by atoms with Gasteiger partial charge in [-0.3, -0.25) is 9.98 Å². The summed E-state index contributed by atoms with van der Waals surface area (Å²) in [5.41, 5.74) is 2.15. The number of aliphatic imine (C=N–C) groups is 2. The van der Waals surface area contributed by atoms with Crippen molar-refractivity contribution in [1.82, 2.24) is 0 Å². The van der Waals surface area contributed by atoms with E-state index in [1.54, 1.807) is 0 Å². The molecule has 0 aromatic carbocycles. The van der Waals surface area contributed by atoms with Crippen molar-refractivity contribution in [1.29, 1.82) is 0 Å². The van der Waals surface area contributed by atoms with E-state index < -0.39 is 0 Å². The number of nitrogens with zero attached hydrogens (tertiary/aromatic N) is 4. The molecule has 6 nitrogen and oxygen atoms in total. The van der Waals surface area contributed by atoms with E-state index in [0.717, 1.165) is 76.1 Å². The number of piperidine rings is 2. The second-order valence-corrected chi connectivity index (χ2v) is 11.4. The molecule has 4 rings (SSSR count). The summed E-state index contributed by atoms with van der Waals surface area (Å²) in [5, 5.41) is 28.8. The van der Waals surface area contributed by atoms with Gasteiger partial charge in [0.25, 0.3) is 0 Å². The van der Waals surface area contributed by atoms with E-state index in [-0.39, 0.29) is 52.9 Å². The summed E-state index contributed by atoms with van der Waals surface area (Å²) in [4.78, 5) is 9.71. The fraction of sp³-hybridized carbons (Fsp3) is 0.933. The maximum atomic E-state index is 10.2. The number of hydrogen-bond acceptors (Lipinski definition) is 4. The summed E-state index contributed by atoms with van der Waals surface area (Å²) in [5.74, 6) is 0.442. The minimum atomic E-state index is -0.229. The van der Waals surface area contributed by atoms with Gasteiger partial charge in [0.2, 0.25) is 0 Å². The minimum Gasteiger partial charge on any atom is -0.662 e. The van der Waals surface area contributed by atoms with Crippen molar-refractivity contribution in [2.75, 3.05) is 26.2 Å². The van der Waals surface area contributed by atoms with Crippen LogP contribution in [0.15, 0.2) is 9.98 Å². The van der Waals surface area contributed by atoms with Crippen LogP contribution in [-0.2, 0) is 16.8 Å². The molecule has 216 valence electrons. The van der Waals surface area contributed by atoms with E-state index in [4.69, 9.17) is 9.98 Å². The zero-order valence-corrected chi connectivity index (χ0v) is 25.2. The fourth-order valence-corrected chi connectivity index (χ4v) is 5.72. The van der Waals surface area contributed by atoms with Crippen molar-refractivity contribution in [3.63, 3.8) is 0 Å². The second kappa shape index (κ2) is 20.6. The Morgan fingerprint density at radius 3 is 1.14 bits per heavy atom. The van der Waals surface area contributed by atoms with Gasteiger partial charge in [-0.05, 0) is 53.4 Å². The molecule has 0 amide bonds. The largest absolute Gasteiger partial charge is 3.00 e. The van der Waals surface area contributed by atoms with E-state index in [2.05, 4.69) is 38.3 Å². The van der Waals surface area contributed by atoms with Gasteiger partial charge in [-0.1, -0.05) is 64.2 Å². The van der Waals surface area contributed by atoms with Crippen molar-refractivity contribution >= 4 is 11.4 Å². The van der Waals surface area contributed by atoms with Gasteiger partial charge in [0, 0.05) is 23.3 Å². The summed E-state index contributed by atoms with van der Waals surface area (Å²) in [6, 6.07) is 0.213. The van der Waals surface area contributed by atoms with Crippen LogP contribution >= 0.6 is 0 Å². The first kappa shape index (κ1) is 34.7. The van der Waals surface area contributed by atoms with E-state index >= 15 is 0 Å². The predicted molar refractivity (Wildman–Crippen MR) is 155 cm³/mol. The summed E-state index contributed by atoms with van der Waals surface area (Å²) >= 11 is 0. The normalized spacial score (nSPS) is 30.9. The smallest absolute Gasteiger partial charge is 0.662 e. The van der Waals surface area contributed by atoms with Gasteiger partial charge in [0.15, 0.2) is 0 Å². The molecule has 0 spiro atoms. The number of aliphatic hydroxyl groups excluding tert-OH is 2. The first-order valence-electron chi connectivity index (χ1n) is 15.1. The van der Waals surface area contributed by atoms with Crippen molar-refractivity contribution in [2.24, 2.45) is 21.8 Å². The first-order valence-corrected chi connectivity index (χ1v) is 15.1. The van der Waals surface area contributed by atoms with Gasteiger partial charge in [0.1, 0.15) is 0 Å². The summed E-state index contributed by atoms with van der Waals surface area (Å²) in [6.45, 7) is 12.8. The average Bonchev–Trinajstić information content (AvgIpc) is 2.91. The molecular weight excluding hydrogens is 507 g/mol. The molecular formula is C30H56CoN4O2+. The Bertz CT molecular complexity index is 560. The number of aliphatic hydroxyl groups is 2. The molecule has 0 radical (unpaired) electrons. The molecule has 2 aliphatic carbocycles. The monoisotopic (exact) mass is 563 g/mol. The summed E-state index contributed by atoms with van der Waals surface area (Å²) < 4.78 is 0. The van der Waals surface area contributed by atoms with Gasteiger partial charge >= 0.3 is 16.8 Å². The van der Waals surface area contributed by atoms with Gasteiger partial charge in [-0.15, -0.1) is 26.2 Å². The molecule has 2 N–H and O–H groups in total. The molecule has 0 bridgehead atoms. The third kappa shape index (κ3) is 14.1. The molecule has 7 heteroatoms. The number of hydrogen-bond donors (Lipinski definition) is 2.